The molecule has 0 N–H and O–H groups in total. The molecule has 0 amide bonds. The minimum absolute atomic E-state index is 0.136. The van der Waals surface area contributed by atoms with Gasteiger partial charge >= 0.3 is 80.5 Å². The molecular formula is C10H16Te. The van der Waals surface area contributed by atoms with Gasteiger partial charge in [0.15, 0.2) is 0 Å². The number of unbranched alkanes of at least 4 members (excludes halogenated alkanes) is 1. The van der Waals surface area contributed by atoms with Crippen LogP contribution in [0.5, 0.6) is 0 Å². The van der Waals surface area contributed by atoms with E-state index < -0.39 is 0 Å². The SMILES string of the molecule is CC#C/C=C(/C)[Te]CCCC. The molecule has 0 bridgehead atoms. The summed E-state index contributed by atoms with van der Waals surface area (Å²) in [5, 5.41) is 0. The summed E-state index contributed by atoms with van der Waals surface area (Å²) in [7, 11) is 0. The van der Waals surface area contributed by atoms with Gasteiger partial charge in [0, 0.05) is 0 Å². The number of rotatable bonds is 4. The first-order valence-corrected chi connectivity index (χ1v) is 6.84. The fourth-order valence-electron chi connectivity index (χ4n) is 0.593. The van der Waals surface area contributed by atoms with Crippen molar-refractivity contribution in [2.75, 3.05) is 0 Å². The van der Waals surface area contributed by atoms with E-state index in [2.05, 4.69) is 31.8 Å². The van der Waals surface area contributed by atoms with Crippen LogP contribution in [-0.4, -0.2) is 20.9 Å². The van der Waals surface area contributed by atoms with E-state index in [1.165, 1.54) is 17.3 Å². The summed E-state index contributed by atoms with van der Waals surface area (Å²) >= 11 is 0.136. The molecule has 0 aliphatic carbocycles. The Hall–Kier alpha value is 0.0896. The molecule has 0 saturated carbocycles. The van der Waals surface area contributed by atoms with Gasteiger partial charge in [-0.25, -0.2) is 0 Å². The molecule has 0 rings (SSSR count). The maximum atomic E-state index is 3.00. The third kappa shape index (κ3) is 7.99. The van der Waals surface area contributed by atoms with Crippen LogP contribution in [0.3, 0.4) is 0 Å². The summed E-state index contributed by atoms with van der Waals surface area (Å²) in [6.07, 6.45) is 4.81. The molecule has 0 heterocycles. The van der Waals surface area contributed by atoms with Gasteiger partial charge in [-0.15, -0.1) is 0 Å². The molecule has 0 aromatic rings. The minimum atomic E-state index is 0.136. The second-order valence-corrected chi connectivity index (χ2v) is 6.18. The quantitative estimate of drug-likeness (QED) is 0.416. The van der Waals surface area contributed by atoms with Crippen LogP contribution in [-0.2, 0) is 0 Å². The van der Waals surface area contributed by atoms with Gasteiger partial charge in [0.2, 0.25) is 0 Å². The normalized spacial score (nSPS) is 10.6. The van der Waals surface area contributed by atoms with Crippen LogP contribution in [0.25, 0.3) is 0 Å². The van der Waals surface area contributed by atoms with E-state index in [1.54, 1.807) is 3.62 Å². The van der Waals surface area contributed by atoms with Crippen LogP contribution in [0.2, 0.25) is 4.47 Å². The molecular weight excluding hydrogens is 248 g/mol. The summed E-state index contributed by atoms with van der Waals surface area (Å²) in [6, 6.07) is 0. The van der Waals surface area contributed by atoms with Crippen LogP contribution in [0.4, 0.5) is 0 Å². The van der Waals surface area contributed by atoms with E-state index >= 15 is 0 Å². The summed E-state index contributed by atoms with van der Waals surface area (Å²) in [6.45, 7) is 6.34. The molecule has 0 nitrogen and oxygen atoms in total. The molecule has 0 radical (unpaired) electrons. The van der Waals surface area contributed by atoms with Crippen molar-refractivity contribution in [3.05, 3.63) is 9.70 Å². The van der Waals surface area contributed by atoms with Gasteiger partial charge in [-0.2, -0.15) is 0 Å². The van der Waals surface area contributed by atoms with Crippen LogP contribution < -0.4 is 0 Å². The van der Waals surface area contributed by atoms with Crippen molar-refractivity contribution >= 4 is 20.9 Å². The Bertz CT molecular complexity index is 169. The Kier molecular flexibility index (Phi) is 8.26. The van der Waals surface area contributed by atoms with Crippen LogP contribution in [0, 0.1) is 11.8 Å². The second-order valence-electron chi connectivity index (χ2n) is 2.35. The van der Waals surface area contributed by atoms with Crippen molar-refractivity contribution in [1.82, 2.24) is 0 Å². The molecule has 0 aromatic carbocycles. The third-order valence-corrected chi connectivity index (χ3v) is 4.29. The van der Waals surface area contributed by atoms with E-state index in [-0.39, 0.29) is 20.9 Å². The first kappa shape index (κ1) is 11.1. The summed E-state index contributed by atoms with van der Waals surface area (Å²) in [5.41, 5.74) is 0. The van der Waals surface area contributed by atoms with Crippen molar-refractivity contribution in [2.24, 2.45) is 0 Å². The van der Waals surface area contributed by atoms with Crippen molar-refractivity contribution in [3.63, 3.8) is 0 Å². The Morgan fingerprint density at radius 3 is 2.82 bits per heavy atom. The Morgan fingerprint density at radius 2 is 2.27 bits per heavy atom. The van der Waals surface area contributed by atoms with Crippen molar-refractivity contribution < 1.29 is 0 Å². The summed E-state index contributed by atoms with van der Waals surface area (Å²) in [5.74, 6) is 5.88. The molecule has 0 atom stereocenters. The zero-order chi connectivity index (χ0) is 8.53. The molecule has 0 saturated heterocycles. The molecule has 62 valence electrons. The fraction of sp³-hybridized carbons (Fsp3) is 0.600. The van der Waals surface area contributed by atoms with Gasteiger partial charge in [0.25, 0.3) is 0 Å². The van der Waals surface area contributed by atoms with Gasteiger partial charge in [0.1, 0.15) is 0 Å². The molecule has 0 unspecified atom stereocenters. The van der Waals surface area contributed by atoms with Crippen molar-refractivity contribution in [1.29, 1.82) is 0 Å². The Morgan fingerprint density at radius 1 is 1.55 bits per heavy atom. The second kappa shape index (κ2) is 8.19. The first-order valence-electron chi connectivity index (χ1n) is 4.03. The Balaban J connectivity index is 3.48. The zero-order valence-corrected chi connectivity index (χ0v) is 9.94. The van der Waals surface area contributed by atoms with E-state index in [4.69, 9.17) is 0 Å². The molecule has 0 spiro atoms. The first-order chi connectivity index (χ1) is 5.31. The van der Waals surface area contributed by atoms with Gasteiger partial charge in [0.05, 0.1) is 0 Å². The number of hydrogen-bond acceptors (Lipinski definition) is 0. The molecule has 0 fully saturated rings. The summed E-state index contributed by atoms with van der Waals surface area (Å²) < 4.78 is 2.98. The van der Waals surface area contributed by atoms with E-state index in [9.17, 15) is 0 Å². The molecule has 0 aliphatic heterocycles. The molecule has 11 heavy (non-hydrogen) atoms. The van der Waals surface area contributed by atoms with E-state index in [0.717, 1.165) is 0 Å². The monoisotopic (exact) mass is 266 g/mol. The molecule has 0 aromatic heterocycles. The van der Waals surface area contributed by atoms with Crippen LogP contribution >= 0.6 is 0 Å². The van der Waals surface area contributed by atoms with E-state index in [1.807, 2.05) is 6.92 Å². The van der Waals surface area contributed by atoms with Gasteiger partial charge in [-0.3, -0.25) is 0 Å². The zero-order valence-electron chi connectivity index (χ0n) is 7.61. The molecule has 1 heteroatoms. The standard InChI is InChI=1S/C10H16Te/c1-4-6-8-10(3)11-9-7-5-2/h8H,5,7,9H2,1-3H3/b10-8-. The van der Waals surface area contributed by atoms with Crippen LogP contribution in [0.15, 0.2) is 9.70 Å². The average Bonchev–Trinajstić information content (AvgIpc) is 2.01. The van der Waals surface area contributed by atoms with Gasteiger partial charge < -0.3 is 0 Å². The topological polar surface area (TPSA) is 0 Å². The molecule has 0 aliphatic rings. The predicted octanol–water partition coefficient (Wildman–Crippen LogP) is 2.84. The van der Waals surface area contributed by atoms with Gasteiger partial charge in [-0.05, 0) is 0 Å². The third-order valence-electron chi connectivity index (χ3n) is 1.25. The number of allylic oxidation sites excluding steroid dienone is 2. The van der Waals surface area contributed by atoms with E-state index in [0.29, 0.717) is 0 Å². The van der Waals surface area contributed by atoms with Crippen molar-refractivity contribution in [3.8, 4) is 11.8 Å². The summed E-state index contributed by atoms with van der Waals surface area (Å²) in [4.78, 5) is 0. The fourth-order valence-corrected chi connectivity index (χ4v) is 3.15. The average molecular weight is 264 g/mol. The number of hydrogen-bond donors (Lipinski definition) is 0. The predicted molar refractivity (Wildman–Crippen MR) is 52.7 cm³/mol. The van der Waals surface area contributed by atoms with Gasteiger partial charge in [-0.1, -0.05) is 0 Å². The Labute approximate surface area is 80.5 Å². The van der Waals surface area contributed by atoms with Crippen LogP contribution in [0.1, 0.15) is 33.6 Å². The van der Waals surface area contributed by atoms with Crippen molar-refractivity contribution in [2.45, 2.75) is 38.1 Å². The maximum absolute atomic E-state index is 3.00.